The van der Waals surface area contributed by atoms with Crippen LogP contribution in [0.5, 0.6) is 0 Å². The monoisotopic (exact) mass is 226 g/mol. The number of allylic oxidation sites excluding steroid dienone is 2. The zero-order valence-electron chi connectivity index (χ0n) is 8.26. The van der Waals surface area contributed by atoms with Crippen LogP contribution < -0.4 is 0 Å². The van der Waals surface area contributed by atoms with Gasteiger partial charge in [-0.25, -0.2) is 0 Å². The first kappa shape index (κ1) is 14.2. The summed E-state index contributed by atoms with van der Waals surface area (Å²) in [6.07, 6.45) is 9.16. The molecule has 0 aromatic carbocycles. The average Bonchev–Trinajstić information content (AvgIpc) is 2.04. The molecule has 0 bridgehead atoms. The standard InChI is InChI=1S/C8H13NO3S.Na/c10-13(11,12)8-4-7-9-5-2-1-3-6-9;/h2-3,5-6H,1,4,7-8H2,(H,10,11,12);. The zero-order chi connectivity index (χ0) is 9.73. The Balaban J connectivity index is 0.00000169. The van der Waals surface area contributed by atoms with Crippen molar-refractivity contribution in [1.82, 2.24) is 4.90 Å². The molecule has 0 aliphatic carbocycles. The molecule has 1 radical (unpaired) electrons. The van der Waals surface area contributed by atoms with E-state index in [1.54, 1.807) is 0 Å². The van der Waals surface area contributed by atoms with E-state index < -0.39 is 10.1 Å². The molecule has 0 saturated heterocycles. The van der Waals surface area contributed by atoms with Crippen LogP contribution in [0.4, 0.5) is 0 Å². The maximum absolute atomic E-state index is 10.4. The Bertz CT molecular complexity index is 299. The summed E-state index contributed by atoms with van der Waals surface area (Å²) in [5, 5.41) is 0. The van der Waals surface area contributed by atoms with Gasteiger partial charge in [-0.15, -0.1) is 0 Å². The van der Waals surface area contributed by atoms with Crippen molar-refractivity contribution in [2.75, 3.05) is 12.3 Å². The van der Waals surface area contributed by atoms with Gasteiger partial charge in [-0.2, -0.15) is 8.42 Å². The molecule has 0 aromatic heterocycles. The Labute approximate surface area is 107 Å². The third-order valence-electron chi connectivity index (χ3n) is 1.68. The Hall–Kier alpha value is 0.190. The number of rotatable bonds is 4. The van der Waals surface area contributed by atoms with Crippen LogP contribution in [0.1, 0.15) is 12.8 Å². The summed E-state index contributed by atoms with van der Waals surface area (Å²) in [5.41, 5.74) is 0. The molecule has 0 amide bonds. The first-order valence-corrected chi connectivity index (χ1v) is 5.73. The van der Waals surface area contributed by atoms with E-state index in [-0.39, 0.29) is 35.3 Å². The molecule has 1 heterocycles. The SMILES string of the molecule is O=S(=O)(O)CCCN1C=CCC=C1.[Na]. The van der Waals surface area contributed by atoms with E-state index in [4.69, 9.17) is 4.55 Å². The molecule has 0 unspecified atom stereocenters. The van der Waals surface area contributed by atoms with Crippen molar-refractivity contribution >= 4 is 39.7 Å². The molecule has 0 atom stereocenters. The summed E-state index contributed by atoms with van der Waals surface area (Å²) in [7, 11) is -3.80. The van der Waals surface area contributed by atoms with Crippen molar-refractivity contribution in [3.8, 4) is 0 Å². The fraction of sp³-hybridized carbons (Fsp3) is 0.500. The molecule has 0 fully saturated rings. The molecular formula is C8H13NNaO3S. The Kier molecular flexibility index (Phi) is 6.72. The van der Waals surface area contributed by atoms with E-state index in [0.717, 1.165) is 6.42 Å². The van der Waals surface area contributed by atoms with E-state index in [2.05, 4.69) is 0 Å². The molecule has 0 saturated carbocycles. The molecular weight excluding hydrogens is 213 g/mol. The van der Waals surface area contributed by atoms with Crippen LogP contribution in [-0.2, 0) is 10.1 Å². The van der Waals surface area contributed by atoms with Crippen molar-refractivity contribution < 1.29 is 13.0 Å². The smallest absolute Gasteiger partial charge is 0.264 e. The van der Waals surface area contributed by atoms with E-state index in [1.807, 2.05) is 29.5 Å². The molecule has 1 aliphatic rings. The molecule has 0 aromatic rings. The van der Waals surface area contributed by atoms with E-state index >= 15 is 0 Å². The third kappa shape index (κ3) is 6.62. The van der Waals surface area contributed by atoms with Crippen LogP contribution in [0.3, 0.4) is 0 Å². The van der Waals surface area contributed by atoms with E-state index in [9.17, 15) is 8.42 Å². The topological polar surface area (TPSA) is 57.6 Å². The van der Waals surface area contributed by atoms with Gasteiger partial charge in [-0.05, 0) is 25.2 Å². The molecule has 1 aliphatic heterocycles. The van der Waals surface area contributed by atoms with Gasteiger partial charge < -0.3 is 4.90 Å². The molecule has 14 heavy (non-hydrogen) atoms. The van der Waals surface area contributed by atoms with Gasteiger partial charge in [0, 0.05) is 36.1 Å². The average molecular weight is 226 g/mol. The normalized spacial score (nSPS) is 15.4. The quantitative estimate of drug-likeness (QED) is 0.564. The van der Waals surface area contributed by atoms with Crippen molar-refractivity contribution in [3.63, 3.8) is 0 Å². The van der Waals surface area contributed by atoms with Gasteiger partial charge in [0.2, 0.25) is 0 Å². The summed E-state index contributed by atoms with van der Waals surface area (Å²) in [4.78, 5) is 1.90. The minimum Gasteiger partial charge on any atom is -0.355 e. The van der Waals surface area contributed by atoms with Gasteiger partial charge in [-0.1, -0.05) is 12.2 Å². The van der Waals surface area contributed by atoms with Crippen LogP contribution in [0.2, 0.25) is 0 Å². The van der Waals surface area contributed by atoms with Crippen molar-refractivity contribution in [1.29, 1.82) is 0 Å². The van der Waals surface area contributed by atoms with E-state index in [0.29, 0.717) is 13.0 Å². The molecule has 1 rings (SSSR count). The summed E-state index contributed by atoms with van der Waals surface area (Å²) in [6.45, 7) is 0.618. The summed E-state index contributed by atoms with van der Waals surface area (Å²) < 4.78 is 29.2. The van der Waals surface area contributed by atoms with Crippen LogP contribution in [0.25, 0.3) is 0 Å². The Morgan fingerprint density at radius 2 is 1.86 bits per heavy atom. The molecule has 75 valence electrons. The fourth-order valence-electron chi connectivity index (χ4n) is 1.10. The van der Waals surface area contributed by atoms with Gasteiger partial charge in [-0.3, -0.25) is 4.55 Å². The minimum atomic E-state index is -3.80. The molecule has 0 spiro atoms. The van der Waals surface area contributed by atoms with Crippen molar-refractivity contribution in [2.24, 2.45) is 0 Å². The van der Waals surface area contributed by atoms with Crippen LogP contribution in [0.15, 0.2) is 24.6 Å². The summed E-state index contributed by atoms with van der Waals surface area (Å²) in [6, 6.07) is 0. The first-order valence-electron chi connectivity index (χ1n) is 4.12. The maximum Gasteiger partial charge on any atom is 0.264 e. The van der Waals surface area contributed by atoms with E-state index in [1.165, 1.54) is 0 Å². The van der Waals surface area contributed by atoms with Crippen LogP contribution in [-0.4, -0.2) is 59.7 Å². The first-order chi connectivity index (χ1) is 6.08. The zero-order valence-corrected chi connectivity index (χ0v) is 11.1. The number of hydrogen-bond acceptors (Lipinski definition) is 3. The van der Waals surface area contributed by atoms with Gasteiger partial charge in [0.15, 0.2) is 0 Å². The second-order valence-corrected chi connectivity index (χ2v) is 4.45. The Morgan fingerprint density at radius 3 is 2.36 bits per heavy atom. The van der Waals surface area contributed by atoms with Crippen LogP contribution in [0, 0.1) is 0 Å². The molecule has 1 N–H and O–H groups in total. The van der Waals surface area contributed by atoms with Crippen molar-refractivity contribution in [2.45, 2.75) is 12.8 Å². The summed E-state index contributed by atoms with van der Waals surface area (Å²) >= 11 is 0. The van der Waals surface area contributed by atoms with Gasteiger partial charge in [0.25, 0.3) is 10.1 Å². The predicted octanol–water partition coefficient (Wildman–Crippen LogP) is 0.617. The molecule has 6 heteroatoms. The minimum absolute atomic E-state index is 0. The summed E-state index contributed by atoms with van der Waals surface area (Å²) in [5.74, 6) is -0.175. The van der Waals surface area contributed by atoms with Crippen LogP contribution >= 0.6 is 0 Å². The van der Waals surface area contributed by atoms with Gasteiger partial charge in [0.1, 0.15) is 0 Å². The Morgan fingerprint density at radius 1 is 1.29 bits per heavy atom. The second-order valence-electron chi connectivity index (χ2n) is 2.88. The third-order valence-corrected chi connectivity index (χ3v) is 2.49. The number of nitrogens with zero attached hydrogens (tertiary/aromatic N) is 1. The van der Waals surface area contributed by atoms with Gasteiger partial charge >= 0.3 is 0 Å². The molecule has 4 nitrogen and oxygen atoms in total. The number of hydrogen-bond donors (Lipinski definition) is 1. The maximum atomic E-state index is 10.4. The predicted molar refractivity (Wildman–Crippen MR) is 56.4 cm³/mol. The fourth-order valence-corrected chi connectivity index (χ4v) is 1.59. The second kappa shape index (κ2) is 6.63. The van der Waals surface area contributed by atoms with Crippen molar-refractivity contribution in [3.05, 3.63) is 24.6 Å². The largest absolute Gasteiger partial charge is 0.355 e. The van der Waals surface area contributed by atoms with Gasteiger partial charge in [0.05, 0.1) is 5.75 Å².